The van der Waals surface area contributed by atoms with Crippen LogP contribution in [-0.4, -0.2) is 35.1 Å². The summed E-state index contributed by atoms with van der Waals surface area (Å²) in [5.41, 5.74) is 1.87. The largest absolute Gasteiger partial charge is 0 e. The number of fused-ring (bicyclic) bond motifs is 5. The molecule has 41 heavy (non-hydrogen) atoms. The van der Waals surface area contributed by atoms with Crippen LogP contribution in [0.2, 0.25) is 0 Å². The maximum absolute atomic E-state index is 11.3. The Hall–Kier alpha value is 11.2. The van der Waals surface area contributed by atoms with Gasteiger partial charge >= 0.3 is 163 Å². The van der Waals surface area contributed by atoms with Gasteiger partial charge in [-0.15, -0.1) is 0 Å². The van der Waals surface area contributed by atoms with Crippen LogP contribution in [0, 0.1) is 28.6 Å². The van der Waals surface area contributed by atoms with Crippen LogP contribution in [0.15, 0.2) is 11.6 Å². The number of hydrogen-bond acceptors (Lipinski definition) is 3. The van der Waals surface area contributed by atoms with E-state index in [1.165, 1.54) is 24.8 Å². The Morgan fingerprint density at radius 2 is 1.12 bits per heavy atom. The summed E-state index contributed by atoms with van der Waals surface area (Å²) in [4.78, 5) is 0. The van der Waals surface area contributed by atoms with Crippen molar-refractivity contribution in [3.05, 3.63) is 11.6 Å². The van der Waals surface area contributed by atoms with Crippen LogP contribution in [0.5, 0.6) is 0 Å². The van der Waals surface area contributed by atoms with Crippen LogP contribution in [0.1, 0.15) is 58.8 Å². The molecule has 0 heterocycles. The molecule has 0 aliphatic heterocycles. The molecule has 0 aromatic rings. The standard InChI is InChI=1S/C21H32O3.17W/c1-19-9-5-6-16(19)15-8-7-14-12-21(23-3,24-4)11-10-20(14,2)18(15)17(22)13-19;;;;;;;;;;;;;;;;;/h12,15-18,22H,5-8,10-11,13H2,1-4H3;;;;;;;;;;;;;;;;;/t15?,16?,17-,18?,19?,20?;;;;;;;;;;;;;;;;;/m1................./s1. The molecular weight excluding hydrogens is 3430 g/mol. The van der Waals surface area contributed by atoms with E-state index >= 15 is 0 Å². The molecule has 0 spiro atoms. The Balaban J connectivity index is -0.0000000445. The van der Waals surface area contributed by atoms with Crippen molar-refractivity contribution >= 4 is 3.90 Å². The minimum Gasteiger partial charge on any atom is 0 e. The first-order valence-electron chi connectivity index (χ1n) is 9.83. The zero-order chi connectivity index (χ0) is 18.0. The average Bonchev–Trinajstić information content (AvgIpc) is 2.89. The molecule has 5 unspecified atom stereocenters. The normalized spacial score (nSPS) is 29.5. The minimum atomic E-state index is -0.559. The van der Waals surface area contributed by atoms with Crippen molar-refractivity contribution in [3.8, 4) is 0 Å². The molecule has 4 aliphatic rings. The number of aliphatic hydroxyl groups is 1. The van der Waals surface area contributed by atoms with Gasteiger partial charge in [0.05, 0.1) is 0 Å². The second-order valence-electron chi connectivity index (χ2n) is 9.29. The SMILES string of the molecule is COC1(OC)C=C2CCC3C4CC[C](=[W])C4(C)C[C@@H](O)C3C2(C)CC1.[W].[W].[W].[W].[W].[W].[W].[W].[W].[W].[W].[W].[W].[W].[W].[W]. The Morgan fingerprint density at radius 1 is 0.683 bits per heavy atom. The smallest absolute Gasteiger partial charge is 0 e. The molecule has 3 saturated carbocycles. The Morgan fingerprint density at radius 3 is 1.54 bits per heavy atom. The number of methoxy groups -OCH3 is 2. The van der Waals surface area contributed by atoms with E-state index in [-0.39, 0.29) is 349 Å². The van der Waals surface area contributed by atoms with E-state index < -0.39 is 5.79 Å². The number of rotatable bonds is 2. The Labute approximate surface area is 489 Å². The zero-order valence-electron chi connectivity index (χ0n) is 22.5. The number of ether oxygens (including phenoxy) is 2. The van der Waals surface area contributed by atoms with E-state index in [1.807, 2.05) is 0 Å². The third kappa shape index (κ3) is 19.3. The third-order valence-corrected chi connectivity index (χ3v) is 10.9. The molecule has 3 fully saturated rings. The van der Waals surface area contributed by atoms with Gasteiger partial charge in [-0.2, -0.15) is 0 Å². The molecular formula is C21H32O3W17. The molecule has 3 nitrogen and oxygen atoms in total. The van der Waals surface area contributed by atoms with Gasteiger partial charge in [0, 0.05) is 337 Å². The first-order chi connectivity index (χ1) is 11.8. The fourth-order valence-corrected chi connectivity index (χ4v) is 8.25. The van der Waals surface area contributed by atoms with E-state index in [4.69, 9.17) is 9.47 Å². The molecule has 1 N–H and O–H groups in total. The topological polar surface area (TPSA) is 38.7 Å². The van der Waals surface area contributed by atoms with E-state index in [2.05, 4.69) is 19.9 Å². The fourth-order valence-electron chi connectivity index (χ4n) is 6.99. The van der Waals surface area contributed by atoms with Gasteiger partial charge in [-0.1, -0.05) is 0 Å². The summed E-state index contributed by atoms with van der Waals surface area (Å²) in [5.74, 6) is 1.29. The summed E-state index contributed by atoms with van der Waals surface area (Å²) in [5, 5.41) is 11.3. The number of aliphatic hydroxyl groups excluding tert-OH is 1. The van der Waals surface area contributed by atoms with Crippen LogP contribution < -0.4 is 0 Å². The first-order valence-corrected chi connectivity index (χ1v) is 11.3. The summed E-state index contributed by atoms with van der Waals surface area (Å²) in [6, 6.07) is 0. The molecule has 4 rings (SSSR count). The molecule has 0 aromatic carbocycles. The van der Waals surface area contributed by atoms with Crippen molar-refractivity contribution in [2.75, 3.05) is 14.2 Å². The van der Waals surface area contributed by atoms with Gasteiger partial charge in [-0.05, 0) is 0 Å². The van der Waals surface area contributed by atoms with Crippen molar-refractivity contribution in [1.29, 1.82) is 0 Å². The molecule has 20 heteroatoms. The molecule has 0 radical (unpaired) electrons. The van der Waals surface area contributed by atoms with Crippen LogP contribution in [0.25, 0.3) is 0 Å². The molecule has 0 bridgehead atoms. The van der Waals surface area contributed by atoms with Crippen LogP contribution in [0.4, 0.5) is 0 Å². The van der Waals surface area contributed by atoms with Gasteiger partial charge < -0.3 is 0 Å². The zero-order valence-corrected chi connectivity index (χ0v) is 72.4. The van der Waals surface area contributed by atoms with Gasteiger partial charge in [0.25, 0.3) is 0 Å². The summed E-state index contributed by atoms with van der Waals surface area (Å²) >= 11 is 1.65. The molecule has 236 valence electrons. The predicted octanol–water partition coefficient (Wildman–Crippen LogP) is 3.59. The maximum Gasteiger partial charge on any atom is 0 e. The fraction of sp³-hybridized carbons (Fsp3) is 0.857. The monoisotopic (exact) mass is 3460 g/mol. The quantitative estimate of drug-likeness (QED) is 0.340. The van der Waals surface area contributed by atoms with Crippen LogP contribution >= 0.6 is 0 Å². The second kappa shape index (κ2) is 39.4. The predicted molar refractivity (Wildman–Crippen MR) is 94.8 cm³/mol. The molecule has 6 atom stereocenters. The minimum absolute atomic E-state index is 0. The Kier molecular flexibility index (Phi) is 85.6. The van der Waals surface area contributed by atoms with Crippen molar-refractivity contribution < 1.29 is 371 Å². The first kappa shape index (κ1) is 89.0. The number of hydrogen-bond donors (Lipinski definition) is 1. The van der Waals surface area contributed by atoms with Crippen LogP contribution in [-0.2, 0) is 366 Å². The average molecular weight is 3460 g/mol. The summed E-state index contributed by atoms with van der Waals surface area (Å²) in [6.07, 6.45) is 9.98. The van der Waals surface area contributed by atoms with Gasteiger partial charge in [-0.25, -0.2) is 0 Å². The molecule has 0 saturated heterocycles. The summed E-state index contributed by atoms with van der Waals surface area (Å²) in [7, 11) is 3.49. The van der Waals surface area contributed by atoms with Gasteiger partial charge in [0.15, 0.2) is 0 Å². The Bertz CT molecular complexity index is 644. The van der Waals surface area contributed by atoms with Crippen LogP contribution in [0.3, 0.4) is 0 Å². The maximum atomic E-state index is 11.3. The summed E-state index contributed by atoms with van der Waals surface area (Å²) < 4.78 is 13.2. The van der Waals surface area contributed by atoms with E-state index in [9.17, 15) is 5.11 Å². The van der Waals surface area contributed by atoms with E-state index in [1.54, 1.807) is 37.5 Å². The van der Waals surface area contributed by atoms with Gasteiger partial charge in [0.1, 0.15) is 0 Å². The van der Waals surface area contributed by atoms with Gasteiger partial charge in [0.2, 0.25) is 0 Å². The molecule has 4 aliphatic carbocycles. The van der Waals surface area contributed by atoms with Crippen molar-refractivity contribution in [3.63, 3.8) is 0 Å². The molecule has 0 amide bonds. The third-order valence-electron chi connectivity index (χ3n) is 8.46. The number of allylic oxidation sites excluding steroid dienone is 1. The van der Waals surface area contributed by atoms with Crippen molar-refractivity contribution in [2.45, 2.75) is 70.7 Å². The van der Waals surface area contributed by atoms with E-state index in [0.29, 0.717) is 17.3 Å². The van der Waals surface area contributed by atoms with Crippen molar-refractivity contribution in [2.24, 2.45) is 28.6 Å². The van der Waals surface area contributed by atoms with Gasteiger partial charge in [-0.3, -0.25) is 0 Å². The molecule has 0 aromatic heterocycles. The van der Waals surface area contributed by atoms with E-state index in [0.717, 1.165) is 31.6 Å². The van der Waals surface area contributed by atoms with Crippen molar-refractivity contribution in [1.82, 2.24) is 0 Å². The second-order valence-corrected chi connectivity index (χ2v) is 11.1. The summed E-state index contributed by atoms with van der Waals surface area (Å²) in [6.45, 7) is 4.86.